The standard InChI is InChI=1S/C25H28N2O2S/c1-16(2)21-11-8-17(3)12-23(21)29-14-24(28)27-25-26-22(15-30-25)20-10-9-18-6-4-5-7-19(18)13-20/h8-13,15-16H,4-7,14H2,1-3H3,(H,26,27,28). The Bertz CT molecular complexity index is 1060. The van der Waals surface area contributed by atoms with Gasteiger partial charge in [0.15, 0.2) is 11.7 Å². The molecule has 1 aromatic heterocycles. The van der Waals surface area contributed by atoms with Gasteiger partial charge in [0.2, 0.25) is 0 Å². The van der Waals surface area contributed by atoms with Crippen molar-refractivity contribution >= 4 is 22.4 Å². The Morgan fingerprint density at radius 3 is 2.73 bits per heavy atom. The first-order chi connectivity index (χ1) is 14.5. The quantitative estimate of drug-likeness (QED) is 0.521. The van der Waals surface area contributed by atoms with Gasteiger partial charge in [0.25, 0.3) is 5.91 Å². The number of amides is 1. The summed E-state index contributed by atoms with van der Waals surface area (Å²) in [6.45, 7) is 6.23. The molecule has 0 saturated carbocycles. The molecule has 0 bridgehead atoms. The van der Waals surface area contributed by atoms with E-state index in [2.05, 4.69) is 54.5 Å². The first-order valence-electron chi connectivity index (χ1n) is 10.6. The third kappa shape index (κ3) is 4.73. The van der Waals surface area contributed by atoms with Crippen molar-refractivity contribution in [3.8, 4) is 17.0 Å². The molecule has 0 spiro atoms. The molecule has 156 valence electrons. The summed E-state index contributed by atoms with van der Waals surface area (Å²) >= 11 is 1.44. The number of fused-ring (bicyclic) bond motifs is 1. The van der Waals surface area contributed by atoms with E-state index in [1.807, 2.05) is 18.4 Å². The first kappa shape index (κ1) is 20.6. The highest BCUT2D eigenvalue weighted by atomic mass is 32.1. The largest absolute Gasteiger partial charge is 0.483 e. The van der Waals surface area contributed by atoms with Crippen LogP contribution in [-0.2, 0) is 17.6 Å². The van der Waals surface area contributed by atoms with Gasteiger partial charge in [0.1, 0.15) is 5.75 Å². The van der Waals surface area contributed by atoms with Gasteiger partial charge in [0.05, 0.1) is 5.69 Å². The van der Waals surface area contributed by atoms with Crippen LogP contribution in [0.3, 0.4) is 0 Å². The predicted molar refractivity (Wildman–Crippen MR) is 124 cm³/mol. The van der Waals surface area contributed by atoms with Crippen LogP contribution >= 0.6 is 11.3 Å². The van der Waals surface area contributed by atoms with Gasteiger partial charge >= 0.3 is 0 Å². The topological polar surface area (TPSA) is 51.2 Å². The highest BCUT2D eigenvalue weighted by Gasteiger charge is 2.14. The van der Waals surface area contributed by atoms with Crippen molar-refractivity contribution in [2.45, 2.75) is 52.4 Å². The summed E-state index contributed by atoms with van der Waals surface area (Å²) in [6, 6.07) is 12.7. The van der Waals surface area contributed by atoms with Crippen molar-refractivity contribution < 1.29 is 9.53 Å². The molecule has 3 aromatic rings. The smallest absolute Gasteiger partial charge is 0.264 e. The molecule has 0 fully saturated rings. The molecule has 1 aliphatic rings. The number of anilines is 1. The van der Waals surface area contributed by atoms with Crippen LogP contribution in [0.25, 0.3) is 11.3 Å². The van der Waals surface area contributed by atoms with Crippen molar-refractivity contribution in [1.82, 2.24) is 4.98 Å². The van der Waals surface area contributed by atoms with Gasteiger partial charge in [0, 0.05) is 10.9 Å². The second-order valence-electron chi connectivity index (χ2n) is 8.26. The lowest BCUT2D eigenvalue weighted by molar-refractivity contribution is -0.118. The molecule has 0 atom stereocenters. The summed E-state index contributed by atoms with van der Waals surface area (Å²) in [5.41, 5.74) is 7.14. The molecular formula is C25H28N2O2S. The van der Waals surface area contributed by atoms with E-state index in [1.54, 1.807) is 0 Å². The molecule has 0 aliphatic heterocycles. The van der Waals surface area contributed by atoms with E-state index in [9.17, 15) is 4.79 Å². The minimum atomic E-state index is -0.197. The Labute approximate surface area is 182 Å². The van der Waals surface area contributed by atoms with Crippen LogP contribution in [-0.4, -0.2) is 17.5 Å². The molecule has 1 heterocycles. The number of aromatic nitrogens is 1. The lowest BCUT2D eigenvalue weighted by Crippen LogP contribution is -2.20. The number of benzene rings is 2. The van der Waals surface area contributed by atoms with Crippen LogP contribution in [0.5, 0.6) is 5.75 Å². The third-order valence-corrected chi connectivity index (χ3v) is 6.30. The molecule has 1 amide bonds. The van der Waals surface area contributed by atoms with Crippen molar-refractivity contribution in [1.29, 1.82) is 0 Å². The zero-order valence-electron chi connectivity index (χ0n) is 17.8. The van der Waals surface area contributed by atoms with Crippen LogP contribution in [0, 0.1) is 6.92 Å². The highest BCUT2D eigenvalue weighted by Crippen LogP contribution is 2.30. The van der Waals surface area contributed by atoms with Crippen molar-refractivity contribution in [2.24, 2.45) is 0 Å². The van der Waals surface area contributed by atoms with Gasteiger partial charge in [-0.3, -0.25) is 10.1 Å². The summed E-state index contributed by atoms with van der Waals surface area (Å²) in [7, 11) is 0. The van der Waals surface area contributed by atoms with Crippen LogP contribution in [0.1, 0.15) is 54.9 Å². The number of carbonyl (C=O) groups is 1. The van der Waals surface area contributed by atoms with Crippen molar-refractivity contribution in [3.63, 3.8) is 0 Å². The number of carbonyl (C=O) groups excluding carboxylic acids is 1. The van der Waals surface area contributed by atoms with E-state index in [0.29, 0.717) is 11.0 Å². The fourth-order valence-corrected chi connectivity index (χ4v) is 4.63. The Balaban J connectivity index is 1.40. The summed E-state index contributed by atoms with van der Waals surface area (Å²) in [5, 5.41) is 5.47. The molecule has 5 heteroatoms. The van der Waals surface area contributed by atoms with Gasteiger partial charge in [-0.15, -0.1) is 11.3 Å². The van der Waals surface area contributed by atoms with E-state index < -0.39 is 0 Å². The number of ether oxygens (including phenoxy) is 1. The molecule has 4 nitrogen and oxygen atoms in total. The van der Waals surface area contributed by atoms with E-state index in [4.69, 9.17) is 4.74 Å². The summed E-state index contributed by atoms with van der Waals surface area (Å²) < 4.78 is 5.83. The fraction of sp³-hybridized carbons (Fsp3) is 0.360. The lowest BCUT2D eigenvalue weighted by atomic mass is 9.90. The minimum absolute atomic E-state index is 0.0308. The first-order valence-corrected chi connectivity index (χ1v) is 11.5. The molecule has 30 heavy (non-hydrogen) atoms. The Kier molecular flexibility index (Phi) is 6.18. The zero-order chi connectivity index (χ0) is 21.1. The number of rotatable bonds is 6. The normalized spacial score (nSPS) is 13.2. The second-order valence-corrected chi connectivity index (χ2v) is 9.12. The number of hydrogen-bond donors (Lipinski definition) is 1. The van der Waals surface area contributed by atoms with E-state index >= 15 is 0 Å². The maximum Gasteiger partial charge on any atom is 0.264 e. The van der Waals surface area contributed by atoms with E-state index in [1.165, 1.54) is 41.7 Å². The SMILES string of the molecule is Cc1ccc(C(C)C)c(OCC(=O)Nc2nc(-c3ccc4c(c3)CCCC4)cs2)c1. The van der Waals surface area contributed by atoms with Crippen LogP contribution < -0.4 is 10.1 Å². The Hall–Kier alpha value is -2.66. The van der Waals surface area contributed by atoms with Crippen LogP contribution in [0.2, 0.25) is 0 Å². The predicted octanol–water partition coefficient (Wildman–Crippen LogP) is 6.14. The third-order valence-electron chi connectivity index (χ3n) is 5.54. The van der Waals surface area contributed by atoms with Crippen molar-refractivity contribution in [3.05, 3.63) is 64.0 Å². The summed E-state index contributed by atoms with van der Waals surface area (Å²) in [4.78, 5) is 17.0. The maximum absolute atomic E-state index is 12.4. The van der Waals surface area contributed by atoms with Gasteiger partial charge in [-0.1, -0.05) is 38.1 Å². The maximum atomic E-state index is 12.4. The molecule has 1 N–H and O–H groups in total. The van der Waals surface area contributed by atoms with Crippen LogP contribution in [0.4, 0.5) is 5.13 Å². The Morgan fingerprint density at radius 2 is 1.93 bits per heavy atom. The number of thiazole rings is 1. The lowest BCUT2D eigenvalue weighted by Gasteiger charge is -2.16. The van der Waals surface area contributed by atoms with Gasteiger partial charge in [-0.2, -0.15) is 0 Å². The highest BCUT2D eigenvalue weighted by molar-refractivity contribution is 7.14. The summed E-state index contributed by atoms with van der Waals surface area (Å²) in [6.07, 6.45) is 4.86. The number of nitrogens with zero attached hydrogens (tertiary/aromatic N) is 1. The fourth-order valence-electron chi connectivity index (χ4n) is 3.90. The van der Waals surface area contributed by atoms with E-state index in [0.717, 1.165) is 34.6 Å². The number of aryl methyl sites for hydroxylation is 3. The van der Waals surface area contributed by atoms with Gasteiger partial charge in [-0.05, 0) is 72.9 Å². The molecule has 4 rings (SSSR count). The van der Waals surface area contributed by atoms with Gasteiger partial charge in [-0.25, -0.2) is 4.98 Å². The molecular weight excluding hydrogens is 392 g/mol. The average Bonchev–Trinajstić information content (AvgIpc) is 3.20. The number of nitrogens with one attached hydrogen (secondary N) is 1. The molecule has 0 saturated heterocycles. The Morgan fingerprint density at radius 1 is 1.13 bits per heavy atom. The van der Waals surface area contributed by atoms with E-state index in [-0.39, 0.29) is 12.5 Å². The molecule has 2 aromatic carbocycles. The number of hydrogen-bond acceptors (Lipinski definition) is 4. The van der Waals surface area contributed by atoms with Crippen molar-refractivity contribution in [2.75, 3.05) is 11.9 Å². The molecule has 0 radical (unpaired) electrons. The summed E-state index contributed by atoms with van der Waals surface area (Å²) in [5.74, 6) is 0.911. The molecule has 0 unspecified atom stereocenters. The second kappa shape index (κ2) is 9.00. The average molecular weight is 421 g/mol. The van der Waals surface area contributed by atoms with Gasteiger partial charge < -0.3 is 4.74 Å². The van der Waals surface area contributed by atoms with Crippen LogP contribution in [0.15, 0.2) is 41.8 Å². The zero-order valence-corrected chi connectivity index (χ0v) is 18.6. The monoisotopic (exact) mass is 420 g/mol. The minimum Gasteiger partial charge on any atom is -0.483 e. The molecule has 1 aliphatic carbocycles.